The molecule has 0 atom stereocenters. The van der Waals surface area contributed by atoms with Gasteiger partial charge in [-0.3, -0.25) is 9.78 Å². The summed E-state index contributed by atoms with van der Waals surface area (Å²) in [6.45, 7) is 7.29. The maximum absolute atomic E-state index is 13.5. The van der Waals surface area contributed by atoms with Gasteiger partial charge < -0.3 is 14.8 Å². The molecular weight excluding hydrogens is 464 g/mol. The van der Waals surface area contributed by atoms with Crippen LogP contribution in [0.15, 0.2) is 85.1 Å². The second-order valence-corrected chi connectivity index (χ2v) is 9.66. The molecule has 0 saturated carbocycles. The second kappa shape index (κ2) is 10.7. The van der Waals surface area contributed by atoms with Gasteiger partial charge in [-0.15, -0.1) is 0 Å². The van der Waals surface area contributed by atoms with E-state index in [-0.39, 0.29) is 11.5 Å². The summed E-state index contributed by atoms with van der Waals surface area (Å²) < 4.78 is 11.1. The standard InChI is InChI=1S/C31H30N2O4/c1-20-13-14-22(26-11-8-9-17-32-26)18-25(20)29(34)33-27-19-21(23-10-6-7-12-28(23)36-5)15-16-24(27)30(35)37-31(2,3)4/h6-19H,1-5H3,(H,33,34). The quantitative estimate of drug-likeness (QED) is 0.294. The Morgan fingerprint density at radius 2 is 1.57 bits per heavy atom. The maximum atomic E-state index is 13.5. The summed E-state index contributed by atoms with van der Waals surface area (Å²) in [4.78, 5) is 31.0. The molecule has 37 heavy (non-hydrogen) atoms. The van der Waals surface area contributed by atoms with Crippen LogP contribution in [0.3, 0.4) is 0 Å². The molecule has 6 heteroatoms. The van der Waals surface area contributed by atoms with Crippen LogP contribution in [0.4, 0.5) is 5.69 Å². The molecule has 188 valence electrons. The number of aryl methyl sites for hydroxylation is 1. The lowest BCUT2D eigenvalue weighted by atomic mass is 9.99. The van der Waals surface area contributed by atoms with E-state index in [1.54, 1.807) is 46.2 Å². The number of esters is 1. The lowest BCUT2D eigenvalue weighted by Crippen LogP contribution is -2.25. The molecule has 0 spiro atoms. The predicted molar refractivity (Wildman–Crippen MR) is 146 cm³/mol. The number of amides is 1. The van der Waals surface area contributed by atoms with Crippen LogP contribution >= 0.6 is 0 Å². The van der Waals surface area contributed by atoms with Crippen molar-refractivity contribution in [3.63, 3.8) is 0 Å². The van der Waals surface area contributed by atoms with Gasteiger partial charge in [0.2, 0.25) is 0 Å². The molecular formula is C31H30N2O4. The SMILES string of the molecule is COc1ccccc1-c1ccc(C(=O)OC(C)(C)C)c(NC(=O)c2cc(-c3ccccn3)ccc2C)c1. The lowest BCUT2D eigenvalue weighted by Gasteiger charge is -2.21. The number of pyridine rings is 1. The highest BCUT2D eigenvalue weighted by molar-refractivity contribution is 6.09. The first-order valence-electron chi connectivity index (χ1n) is 12.0. The molecule has 0 aliphatic heterocycles. The van der Waals surface area contributed by atoms with Crippen LogP contribution in [0.1, 0.15) is 47.1 Å². The van der Waals surface area contributed by atoms with E-state index in [2.05, 4.69) is 10.3 Å². The molecule has 0 radical (unpaired) electrons. The van der Waals surface area contributed by atoms with E-state index in [1.165, 1.54) is 0 Å². The number of hydrogen-bond acceptors (Lipinski definition) is 5. The molecule has 4 aromatic rings. The largest absolute Gasteiger partial charge is 0.496 e. The van der Waals surface area contributed by atoms with E-state index in [9.17, 15) is 9.59 Å². The number of benzene rings is 3. The van der Waals surface area contributed by atoms with Crippen molar-refractivity contribution in [2.75, 3.05) is 12.4 Å². The molecule has 0 fully saturated rings. The van der Waals surface area contributed by atoms with Crippen molar-refractivity contribution in [3.05, 3.63) is 102 Å². The van der Waals surface area contributed by atoms with Gasteiger partial charge in [0.05, 0.1) is 24.1 Å². The van der Waals surface area contributed by atoms with E-state index in [0.29, 0.717) is 17.0 Å². The number of hydrogen-bond donors (Lipinski definition) is 1. The summed E-state index contributed by atoms with van der Waals surface area (Å²) >= 11 is 0. The summed E-state index contributed by atoms with van der Waals surface area (Å²) in [5, 5.41) is 2.96. The predicted octanol–water partition coefficient (Wildman–Crippen LogP) is 6.94. The van der Waals surface area contributed by atoms with Gasteiger partial charge in [-0.05, 0) is 75.2 Å². The van der Waals surface area contributed by atoms with Crippen LogP contribution in [-0.4, -0.2) is 29.6 Å². The van der Waals surface area contributed by atoms with E-state index >= 15 is 0 Å². The molecule has 1 heterocycles. The molecule has 1 amide bonds. The van der Waals surface area contributed by atoms with Gasteiger partial charge in [-0.25, -0.2) is 4.79 Å². The Balaban J connectivity index is 1.76. The smallest absolute Gasteiger partial charge is 0.340 e. The van der Waals surface area contributed by atoms with Gasteiger partial charge in [-0.1, -0.05) is 42.5 Å². The first-order valence-corrected chi connectivity index (χ1v) is 12.0. The van der Waals surface area contributed by atoms with Crippen molar-refractivity contribution in [2.24, 2.45) is 0 Å². The zero-order valence-electron chi connectivity index (χ0n) is 21.7. The summed E-state index contributed by atoms with van der Waals surface area (Å²) in [6, 6.07) is 24.1. The van der Waals surface area contributed by atoms with Gasteiger partial charge in [-0.2, -0.15) is 0 Å². The second-order valence-electron chi connectivity index (χ2n) is 9.66. The molecule has 0 saturated heterocycles. The van der Waals surface area contributed by atoms with E-state index in [4.69, 9.17) is 9.47 Å². The Morgan fingerprint density at radius 3 is 2.27 bits per heavy atom. The summed E-state index contributed by atoms with van der Waals surface area (Å²) in [6.07, 6.45) is 1.71. The minimum atomic E-state index is -0.687. The van der Waals surface area contributed by atoms with Crippen molar-refractivity contribution in [2.45, 2.75) is 33.3 Å². The molecule has 0 unspecified atom stereocenters. The van der Waals surface area contributed by atoms with Crippen LogP contribution in [0.25, 0.3) is 22.4 Å². The zero-order valence-corrected chi connectivity index (χ0v) is 21.7. The Labute approximate surface area is 217 Å². The number of carbonyl (C=O) groups is 2. The first-order chi connectivity index (χ1) is 17.7. The van der Waals surface area contributed by atoms with Crippen LogP contribution in [0.5, 0.6) is 5.75 Å². The van der Waals surface area contributed by atoms with E-state index in [0.717, 1.165) is 27.9 Å². The lowest BCUT2D eigenvalue weighted by molar-refractivity contribution is 0.00708. The number of carbonyl (C=O) groups excluding carboxylic acids is 2. The van der Waals surface area contributed by atoms with Crippen molar-refractivity contribution < 1.29 is 19.1 Å². The van der Waals surface area contributed by atoms with Gasteiger partial charge in [0.1, 0.15) is 11.4 Å². The van der Waals surface area contributed by atoms with Crippen molar-refractivity contribution in [1.82, 2.24) is 4.98 Å². The molecule has 3 aromatic carbocycles. The normalized spacial score (nSPS) is 11.1. The Hall–Kier alpha value is -4.45. The fourth-order valence-electron chi connectivity index (χ4n) is 3.96. The van der Waals surface area contributed by atoms with Crippen LogP contribution in [0.2, 0.25) is 0 Å². The number of anilines is 1. The summed E-state index contributed by atoms with van der Waals surface area (Å²) in [5.41, 5.74) is 4.44. The maximum Gasteiger partial charge on any atom is 0.340 e. The van der Waals surface area contributed by atoms with Gasteiger partial charge in [0, 0.05) is 22.9 Å². The highest BCUT2D eigenvalue weighted by Gasteiger charge is 2.23. The van der Waals surface area contributed by atoms with Gasteiger partial charge in [0.25, 0.3) is 5.91 Å². The molecule has 1 N–H and O–H groups in total. The zero-order chi connectivity index (χ0) is 26.6. The fraction of sp³-hybridized carbons (Fsp3) is 0.194. The molecule has 0 bridgehead atoms. The molecule has 4 rings (SSSR count). The molecule has 1 aromatic heterocycles. The van der Waals surface area contributed by atoms with Gasteiger partial charge >= 0.3 is 5.97 Å². The van der Waals surface area contributed by atoms with Crippen molar-refractivity contribution >= 4 is 17.6 Å². The monoisotopic (exact) mass is 494 g/mol. The summed E-state index contributed by atoms with van der Waals surface area (Å²) in [5.74, 6) is -0.172. The Kier molecular flexibility index (Phi) is 7.39. The number of aromatic nitrogens is 1. The average molecular weight is 495 g/mol. The minimum absolute atomic E-state index is 0.264. The number of rotatable bonds is 6. The summed E-state index contributed by atoms with van der Waals surface area (Å²) in [7, 11) is 1.61. The minimum Gasteiger partial charge on any atom is -0.496 e. The number of nitrogens with zero attached hydrogens (tertiary/aromatic N) is 1. The third-order valence-electron chi connectivity index (χ3n) is 5.75. The molecule has 6 nitrogen and oxygen atoms in total. The van der Waals surface area contributed by atoms with Crippen LogP contribution in [-0.2, 0) is 4.74 Å². The number of ether oxygens (including phenoxy) is 2. The number of nitrogens with one attached hydrogen (secondary N) is 1. The Morgan fingerprint density at radius 1 is 0.838 bits per heavy atom. The molecule has 0 aliphatic rings. The Bertz CT molecular complexity index is 1440. The molecule has 0 aliphatic carbocycles. The first kappa shape index (κ1) is 25.6. The third-order valence-corrected chi connectivity index (χ3v) is 5.75. The van der Waals surface area contributed by atoms with E-state index in [1.807, 2.05) is 73.7 Å². The number of para-hydroxylation sites is 1. The van der Waals surface area contributed by atoms with E-state index < -0.39 is 11.6 Å². The third kappa shape index (κ3) is 6.04. The fourth-order valence-corrected chi connectivity index (χ4v) is 3.96. The van der Waals surface area contributed by atoms with Crippen molar-refractivity contribution in [3.8, 4) is 28.1 Å². The highest BCUT2D eigenvalue weighted by Crippen LogP contribution is 2.33. The van der Waals surface area contributed by atoms with Crippen LogP contribution in [0, 0.1) is 6.92 Å². The van der Waals surface area contributed by atoms with Crippen LogP contribution < -0.4 is 10.1 Å². The van der Waals surface area contributed by atoms with Gasteiger partial charge in [0.15, 0.2) is 0 Å². The van der Waals surface area contributed by atoms with Crippen molar-refractivity contribution in [1.29, 1.82) is 0 Å². The number of methoxy groups -OCH3 is 1. The average Bonchev–Trinajstić information content (AvgIpc) is 2.88. The highest BCUT2D eigenvalue weighted by atomic mass is 16.6. The topological polar surface area (TPSA) is 77.5 Å².